The van der Waals surface area contributed by atoms with Gasteiger partial charge in [-0.2, -0.15) is 0 Å². The van der Waals surface area contributed by atoms with Gasteiger partial charge in [-0.1, -0.05) is 19.1 Å². The summed E-state index contributed by atoms with van der Waals surface area (Å²) in [5.41, 5.74) is 7.29. The number of rotatable bonds is 3. The van der Waals surface area contributed by atoms with Crippen molar-refractivity contribution in [3.8, 4) is 5.75 Å². The Balaban J connectivity index is 1.75. The van der Waals surface area contributed by atoms with Crippen LogP contribution in [0.15, 0.2) is 35.4 Å². The summed E-state index contributed by atoms with van der Waals surface area (Å²) < 4.78 is 11.1. The molecular weight excluding hydrogens is 312 g/mol. The standard InChI is InChI=1S/C22H26O3/c1-4-22-12-11-18-17-8-6-16(24-3)13-15(17)5-7-19(18)20(22)9-10-21(22)25-14(2)23/h6,8-9,13,21H,4-5,7,10-12H2,1-3H3/t21-,22+/m1/s1. The summed E-state index contributed by atoms with van der Waals surface area (Å²) in [6.07, 6.45) is 8.51. The normalized spacial score (nSPS) is 27.2. The highest BCUT2D eigenvalue weighted by atomic mass is 16.5. The molecule has 3 aliphatic carbocycles. The number of hydrogen-bond donors (Lipinski definition) is 0. The Morgan fingerprint density at radius 2 is 2.08 bits per heavy atom. The molecule has 1 aromatic carbocycles. The van der Waals surface area contributed by atoms with Crippen LogP contribution in [0.2, 0.25) is 0 Å². The molecule has 3 nitrogen and oxygen atoms in total. The molecule has 0 amide bonds. The molecule has 0 saturated heterocycles. The number of carbonyl (C=O) groups excluding carboxylic acids is 1. The molecule has 0 spiro atoms. The number of aryl methyl sites for hydroxylation is 1. The SMILES string of the molecule is CC[C@]12CCC3=C(CCc4cc(OC)ccc43)C1=CC[C@H]2OC(C)=O. The number of carbonyl (C=O) groups is 1. The Bertz CT molecular complexity index is 786. The first-order valence-corrected chi connectivity index (χ1v) is 9.36. The van der Waals surface area contributed by atoms with Gasteiger partial charge in [-0.15, -0.1) is 0 Å². The van der Waals surface area contributed by atoms with Crippen molar-refractivity contribution < 1.29 is 14.3 Å². The van der Waals surface area contributed by atoms with Crippen molar-refractivity contribution in [3.63, 3.8) is 0 Å². The molecule has 3 aliphatic rings. The van der Waals surface area contributed by atoms with Crippen molar-refractivity contribution in [1.29, 1.82) is 0 Å². The van der Waals surface area contributed by atoms with Crippen LogP contribution in [0.25, 0.3) is 5.57 Å². The zero-order chi connectivity index (χ0) is 17.6. The number of benzene rings is 1. The van der Waals surface area contributed by atoms with E-state index in [1.165, 1.54) is 34.8 Å². The quantitative estimate of drug-likeness (QED) is 0.739. The van der Waals surface area contributed by atoms with Crippen molar-refractivity contribution in [3.05, 3.63) is 46.5 Å². The average Bonchev–Trinajstić information content (AvgIpc) is 2.99. The molecule has 1 aromatic rings. The Hall–Kier alpha value is -2.03. The largest absolute Gasteiger partial charge is 0.497 e. The highest BCUT2D eigenvalue weighted by molar-refractivity contribution is 5.79. The second-order valence-corrected chi connectivity index (χ2v) is 7.44. The molecule has 0 aliphatic heterocycles. The molecule has 0 saturated carbocycles. The van der Waals surface area contributed by atoms with Crippen LogP contribution in [0.5, 0.6) is 5.75 Å². The van der Waals surface area contributed by atoms with Gasteiger partial charge in [0.05, 0.1) is 7.11 Å². The minimum atomic E-state index is -0.159. The fraction of sp³-hybridized carbons (Fsp3) is 0.500. The number of esters is 1. The van der Waals surface area contributed by atoms with Crippen molar-refractivity contribution in [2.45, 2.75) is 58.5 Å². The third-order valence-corrected chi connectivity index (χ3v) is 6.42. The van der Waals surface area contributed by atoms with E-state index >= 15 is 0 Å². The third-order valence-electron chi connectivity index (χ3n) is 6.42. The molecule has 0 unspecified atom stereocenters. The Kier molecular flexibility index (Phi) is 3.98. The molecule has 0 radical (unpaired) electrons. The number of hydrogen-bond acceptors (Lipinski definition) is 3. The van der Waals surface area contributed by atoms with Crippen molar-refractivity contribution >= 4 is 11.5 Å². The van der Waals surface area contributed by atoms with Gasteiger partial charge in [0.2, 0.25) is 0 Å². The highest BCUT2D eigenvalue weighted by Crippen LogP contribution is 2.58. The molecule has 0 heterocycles. The molecule has 25 heavy (non-hydrogen) atoms. The van der Waals surface area contributed by atoms with E-state index in [0.29, 0.717) is 0 Å². The highest BCUT2D eigenvalue weighted by Gasteiger charge is 2.49. The maximum atomic E-state index is 11.6. The van der Waals surface area contributed by atoms with Gasteiger partial charge >= 0.3 is 5.97 Å². The minimum Gasteiger partial charge on any atom is -0.497 e. The first kappa shape index (κ1) is 16.4. The van der Waals surface area contributed by atoms with Crippen LogP contribution in [0.3, 0.4) is 0 Å². The van der Waals surface area contributed by atoms with Crippen molar-refractivity contribution in [1.82, 2.24) is 0 Å². The first-order valence-electron chi connectivity index (χ1n) is 9.36. The second kappa shape index (κ2) is 6.05. The number of allylic oxidation sites excluding steroid dienone is 2. The van der Waals surface area contributed by atoms with Crippen molar-refractivity contribution in [2.24, 2.45) is 5.41 Å². The van der Waals surface area contributed by atoms with Gasteiger partial charge in [-0.25, -0.2) is 0 Å². The van der Waals surface area contributed by atoms with Crippen LogP contribution in [0.1, 0.15) is 57.1 Å². The Labute approximate surface area is 149 Å². The van der Waals surface area contributed by atoms with Gasteiger partial charge in [0, 0.05) is 18.8 Å². The fourth-order valence-electron chi connectivity index (χ4n) is 5.20. The molecule has 3 heteroatoms. The molecule has 0 bridgehead atoms. The lowest BCUT2D eigenvalue weighted by atomic mass is 9.63. The fourth-order valence-corrected chi connectivity index (χ4v) is 5.20. The van der Waals surface area contributed by atoms with Gasteiger partial charge in [-0.05, 0) is 72.1 Å². The lowest BCUT2D eigenvalue weighted by Crippen LogP contribution is -2.38. The van der Waals surface area contributed by atoms with Crippen molar-refractivity contribution in [2.75, 3.05) is 7.11 Å². The molecular formula is C22H26O3. The van der Waals surface area contributed by atoms with E-state index in [9.17, 15) is 4.79 Å². The van der Waals surface area contributed by atoms with Gasteiger partial charge in [0.1, 0.15) is 11.9 Å². The lowest BCUT2D eigenvalue weighted by Gasteiger charge is -2.43. The predicted molar refractivity (Wildman–Crippen MR) is 98.4 cm³/mol. The van der Waals surface area contributed by atoms with Crippen LogP contribution in [0, 0.1) is 5.41 Å². The van der Waals surface area contributed by atoms with E-state index in [4.69, 9.17) is 9.47 Å². The topological polar surface area (TPSA) is 35.5 Å². The molecule has 4 rings (SSSR count). The van der Waals surface area contributed by atoms with E-state index in [2.05, 4.69) is 31.2 Å². The Morgan fingerprint density at radius 3 is 2.80 bits per heavy atom. The number of ether oxygens (including phenoxy) is 2. The average molecular weight is 338 g/mol. The summed E-state index contributed by atoms with van der Waals surface area (Å²) in [7, 11) is 1.73. The van der Waals surface area contributed by atoms with E-state index < -0.39 is 0 Å². The lowest BCUT2D eigenvalue weighted by molar-refractivity contribution is -0.151. The zero-order valence-corrected chi connectivity index (χ0v) is 15.4. The van der Waals surface area contributed by atoms with Gasteiger partial charge < -0.3 is 9.47 Å². The van der Waals surface area contributed by atoms with Crippen LogP contribution in [-0.4, -0.2) is 19.2 Å². The van der Waals surface area contributed by atoms with E-state index in [1.54, 1.807) is 7.11 Å². The van der Waals surface area contributed by atoms with Gasteiger partial charge in [0.15, 0.2) is 0 Å². The second-order valence-electron chi connectivity index (χ2n) is 7.44. The first-order chi connectivity index (χ1) is 12.1. The Morgan fingerprint density at radius 1 is 1.24 bits per heavy atom. The van der Waals surface area contributed by atoms with E-state index in [1.807, 2.05) is 0 Å². The molecule has 0 N–H and O–H groups in total. The maximum absolute atomic E-state index is 11.6. The number of fused-ring (bicyclic) bond motifs is 4. The summed E-state index contributed by atoms with van der Waals surface area (Å²) >= 11 is 0. The minimum absolute atomic E-state index is 0.0105. The summed E-state index contributed by atoms with van der Waals surface area (Å²) in [6, 6.07) is 6.48. The van der Waals surface area contributed by atoms with E-state index in [0.717, 1.165) is 44.3 Å². The molecule has 0 fully saturated rings. The maximum Gasteiger partial charge on any atom is 0.302 e. The summed E-state index contributed by atoms with van der Waals surface area (Å²) in [5.74, 6) is 0.782. The van der Waals surface area contributed by atoms with Gasteiger partial charge in [0.25, 0.3) is 0 Å². The third kappa shape index (κ3) is 2.44. The van der Waals surface area contributed by atoms with Crippen LogP contribution in [0.4, 0.5) is 0 Å². The number of methoxy groups -OCH3 is 1. The predicted octanol–water partition coefficient (Wildman–Crippen LogP) is 4.85. The van der Waals surface area contributed by atoms with Crippen LogP contribution >= 0.6 is 0 Å². The molecule has 2 atom stereocenters. The van der Waals surface area contributed by atoms with Crippen LogP contribution < -0.4 is 4.74 Å². The summed E-state index contributed by atoms with van der Waals surface area (Å²) in [5, 5.41) is 0. The summed E-state index contributed by atoms with van der Waals surface area (Å²) in [4.78, 5) is 11.6. The van der Waals surface area contributed by atoms with Gasteiger partial charge in [-0.3, -0.25) is 4.79 Å². The monoisotopic (exact) mass is 338 g/mol. The van der Waals surface area contributed by atoms with Crippen LogP contribution in [-0.2, 0) is 16.0 Å². The zero-order valence-electron chi connectivity index (χ0n) is 15.4. The smallest absolute Gasteiger partial charge is 0.302 e. The molecule has 132 valence electrons. The summed E-state index contributed by atoms with van der Waals surface area (Å²) in [6.45, 7) is 3.77. The molecule has 0 aromatic heterocycles. The van der Waals surface area contributed by atoms with E-state index in [-0.39, 0.29) is 17.5 Å².